The van der Waals surface area contributed by atoms with Gasteiger partial charge in [-0.1, -0.05) is 56.4 Å². The SMILES string of the molecule is CC(C)(C)c1ccc(Cc2nnc(N)s2)cc1. The summed E-state index contributed by atoms with van der Waals surface area (Å²) < 4.78 is 0. The number of aromatic nitrogens is 2. The average Bonchev–Trinajstić information content (AvgIpc) is 2.63. The van der Waals surface area contributed by atoms with Crippen molar-refractivity contribution in [1.29, 1.82) is 0 Å². The maximum atomic E-state index is 5.56. The van der Waals surface area contributed by atoms with E-state index < -0.39 is 0 Å². The Labute approximate surface area is 106 Å². The predicted molar refractivity (Wildman–Crippen MR) is 72.3 cm³/mol. The lowest BCUT2D eigenvalue weighted by Gasteiger charge is -2.18. The van der Waals surface area contributed by atoms with E-state index in [4.69, 9.17) is 5.73 Å². The van der Waals surface area contributed by atoms with Crippen molar-refractivity contribution in [3.63, 3.8) is 0 Å². The van der Waals surface area contributed by atoms with E-state index in [1.165, 1.54) is 22.5 Å². The molecule has 0 amide bonds. The van der Waals surface area contributed by atoms with Gasteiger partial charge in [-0.2, -0.15) is 0 Å². The third-order valence-corrected chi connectivity index (χ3v) is 3.41. The van der Waals surface area contributed by atoms with E-state index in [1.54, 1.807) is 0 Å². The second-order valence-corrected chi connectivity index (χ2v) is 6.25. The predicted octanol–water partition coefficient (Wildman–Crippen LogP) is 3.01. The van der Waals surface area contributed by atoms with Crippen molar-refractivity contribution >= 4 is 16.5 Å². The van der Waals surface area contributed by atoms with Gasteiger partial charge in [-0.3, -0.25) is 0 Å². The Morgan fingerprint density at radius 1 is 1.12 bits per heavy atom. The van der Waals surface area contributed by atoms with Crippen molar-refractivity contribution in [2.75, 3.05) is 5.73 Å². The molecule has 4 heteroatoms. The van der Waals surface area contributed by atoms with Crippen LogP contribution < -0.4 is 5.73 Å². The summed E-state index contributed by atoms with van der Waals surface area (Å²) in [6.07, 6.45) is 0.805. The first-order chi connectivity index (χ1) is 7.95. The normalized spacial score (nSPS) is 11.7. The van der Waals surface area contributed by atoms with Crippen LogP contribution in [-0.4, -0.2) is 10.2 Å². The molecule has 2 aromatic rings. The van der Waals surface area contributed by atoms with Crippen molar-refractivity contribution in [3.8, 4) is 0 Å². The standard InChI is InChI=1S/C13H17N3S/c1-13(2,3)10-6-4-9(5-7-10)8-11-15-16-12(14)17-11/h4-7H,8H2,1-3H3,(H2,14,16). The molecular weight excluding hydrogens is 230 g/mol. The van der Waals surface area contributed by atoms with Gasteiger partial charge in [-0.15, -0.1) is 10.2 Å². The van der Waals surface area contributed by atoms with E-state index >= 15 is 0 Å². The van der Waals surface area contributed by atoms with Crippen LogP contribution >= 0.6 is 11.3 Å². The van der Waals surface area contributed by atoms with Gasteiger partial charge in [0, 0.05) is 6.42 Å². The molecule has 0 aliphatic rings. The van der Waals surface area contributed by atoms with Crippen LogP contribution in [0.2, 0.25) is 0 Å². The number of hydrogen-bond acceptors (Lipinski definition) is 4. The van der Waals surface area contributed by atoms with E-state index in [0.717, 1.165) is 11.4 Å². The Kier molecular flexibility index (Phi) is 3.15. The highest BCUT2D eigenvalue weighted by molar-refractivity contribution is 7.15. The zero-order chi connectivity index (χ0) is 12.5. The number of rotatable bonds is 2. The van der Waals surface area contributed by atoms with Gasteiger partial charge in [0.15, 0.2) is 0 Å². The molecule has 0 spiro atoms. The molecule has 0 aliphatic heterocycles. The van der Waals surface area contributed by atoms with E-state index in [9.17, 15) is 0 Å². The molecule has 0 unspecified atom stereocenters. The quantitative estimate of drug-likeness (QED) is 0.887. The summed E-state index contributed by atoms with van der Waals surface area (Å²) in [5.41, 5.74) is 8.35. The molecule has 17 heavy (non-hydrogen) atoms. The molecule has 2 N–H and O–H groups in total. The first-order valence-electron chi connectivity index (χ1n) is 5.62. The van der Waals surface area contributed by atoms with Crippen molar-refractivity contribution in [3.05, 3.63) is 40.4 Å². The largest absolute Gasteiger partial charge is 0.374 e. The third-order valence-electron chi connectivity index (χ3n) is 2.66. The van der Waals surface area contributed by atoms with Crippen molar-refractivity contribution < 1.29 is 0 Å². The molecule has 0 saturated heterocycles. The topological polar surface area (TPSA) is 51.8 Å². The number of nitrogens with two attached hydrogens (primary N) is 1. The number of anilines is 1. The minimum atomic E-state index is 0.200. The molecule has 0 radical (unpaired) electrons. The molecule has 3 nitrogen and oxygen atoms in total. The van der Waals surface area contributed by atoms with Crippen LogP contribution in [0.4, 0.5) is 5.13 Å². The highest BCUT2D eigenvalue weighted by atomic mass is 32.1. The highest BCUT2D eigenvalue weighted by Gasteiger charge is 2.13. The van der Waals surface area contributed by atoms with Crippen LogP contribution in [0.3, 0.4) is 0 Å². The fourth-order valence-corrected chi connectivity index (χ4v) is 2.28. The Morgan fingerprint density at radius 2 is 1.76 bits per heavy atom. The van der Waals surface area contributed by atoms with Crippen LogP contribution in [-0.2, 0) is 11.8 Å². The van der Waals surface area contributed by atoms with Gasteiger partial charge < -0.3 is 5.73 Å². The Balaban J connectivity index is 2.13. The summed E-state index contributed by atoms with van der Waals surface area (Å²) in [5, 5.41) is 9.34. The van der Waals surface area contributed by atoms with Gasteiger partial charge in [0.1, 0.15) is 5.01 Å². The zero-order valence-corrected chi connectivity index (χ0v) is 11.2. The lowest BCUT2D eigenvalue weighted by Crippen LogP contribution is -2.10. The van der Waals surface area contributed by atoms with Crippen LogP contribution in [0, 0.1) is 0 Å². The molecule has 0 saturated carbocycles. The molecule has 90 valence electrons. The van der Waals surface area contributed by atoms with Gasteiger partial charge in [0.25, 0.3) is 0 Å². The minimum absolute atomic E-state index is 0.200. The van der Waals surface area contributed by atoms with Gasteiger partial charge in [-0.05, 0) is 16.5 Å². The summed E-state index contributed by atoms with van der Waals surface area (Å²) in [4.78, 5) is 0. The molecule has 1 heterocycles. The number of nitrogens with zero attached hydrogens (tertiary/aromatic N) is 2. The van der Waals surface area contributed by atoms with E-state index in [0.29, 0.717) is 5.13 Å². The summed E-state index contributed by atoms with van der Waals surface area (Å²) in [6.45, 7) is 6.65. The monoisotopic (exact) mass is 247 g/mol. The smallest absolute Gasteiger partial charge is 0.203 e. The van der Waals surface area contributed by atoms with Crippen LogP contribution in [0.15, 0.2) is 24.3 Å². The van der Waals surface area contributed by atoms with Crippen LogP contribution in [0.5, 0.6) is 0 Å². The van der Waals surface area contributed by atoms with E-state index in [1.807, 2.05) is 0 Å². The van der Waals surface area contributed by atoms with Gasteiger partial charge >= 0.3 is 0 Å². The second-order valence-electron chi connectivity index (χ2n) is 5.16. The van der Waals surface area contributed by atoms with Crippen molar-refractivity contribution in [1.82, 2.24) is 10.2 Å². The van der Waals surface area contributed by atoms with Crippen molar-refractivity contribution in [2.45, 2.75) is 32.6 Å². The lowest BCUT2D eigenvalue weighted by atomic mass is 9.86. The fraction of sp³-hybridized carbons (Fsp3) is 0.385. The van der Waals surface area contributed by atoms with Crippen LogP contribution in [0.25, 0.3) is 0 Å². The number of nitrogen functional groups attached to an aromatic ring is 1. The summed E-state index contributed by atoms with van der Waals surface area (Å²) in [7, 11) is 0. The molecular formula is C13H17N3S. The average molecular weight is 247 g/mol. The van der Waals surface area contributed by atoms with E-state index in [-0.39, 0.29) is 5.41 Å². The van der Waals surface area contributed by atoms with Gasteiger partial charge in [0.2, 0.25) is 5.13 Å². The Hall–Kier alpha value is -1.42. The minimum Gasteiger partial charge on any atom is -0.374 e. The van der Waals surface area contributed by atoms with Gasteiger partial charge in [-0.25, -0.2) is 0 Å². The third kappa shape index (κ3) is 3.03. The lowest BCUT2D eigenvalue weighted by molar-refractivity contribution is 0.590. The second kappa shape index (κ2) is 4.45. The molecule has 0 fully saturated rings. The fourth-order valence-electron chi connectivity index (χ4n) is 1.64. The number of hydrogen-bond donors (Lipinski definition) is 1. The zero-order valence-electron chi connectivity index (χ0n) is 10.4. The van der Waals surface area contributed by atoms with Crippen LogP contribution in [0.1, 0.15) is 36.9 Å². The number of benzene rings is 1. The highest BCUT2D eigenvalue weighted by Crippen LogP contribution is 2.23. The van der Waals surface area contributed by atoms with Gasteiger partial charge in [0.05, 0.1) is 0 Å². The maximum Gasteiger partial charge on any atom is 0.203 e. The summed E-state index contributed by atoms with van der Waals surface area (Å²) >= 11 is 1.45. The molecule has 0 atom stereocenters. The molecule has 0 aliphatic carbocycles. The molecule has 2 rings (SSSR count). The summed E-state index contributed by atoms with van der Waals surface area (Å²) in [6, 6.07) is 8.66. The first-order valence-corrected chi connectivity index (χ1v) is 6.44. The Bertz CT molecular complexity index is 494. The van der Waals surface area contributed by atoms with E-state index in [2.05, 4.69) is 55.2 Å². The maximum absolute atomic E-state index is 5.56. The van der Waals surface area contributed by atoms with Crippen molar-refractivity contribution in [2.24, 2.45) is 0 Å². The molecule has 0 bridgehead atoms. The molecule has 1 aromatic carbocycles. The first kappa shape index (κ1) is 12.0. The Morgan fingerprint density at radius 3 is 2.24 bits per heavy atom. The summed E-state index contributed by atoms with van der Waals surface area (Å²) in [5.74, 6) is 0. The molecule has 1 aromatic heterocycles.